The molecule has 2 heterocycles. The number of hydrogen-bond acceptors (Lipinski definition) is 6. The van der Waals surface area contributed by atoms with Crippen LogP contribution in [0, 0.1) is 0 Å². The molecule has 0 bridgehead atoms. The lowest BCUT2D eigenvalue weighted by molar-refractivity contribution is 0.475. The Morgan fingerprint density at radius 2 is 1.06 bits per heavy atom. The highest BCUT2D eigenvalue weighted by atomic mass is 32.1. The predicted octanol–water partition coefficient (Wildman–Crippen LogP) is 7.32. The lowest BCUT2D eigenvalue weighted by atomic mass is 9.98. The van der Waals surface area contributed by atoms with Gasteiger partial charge in [-0.05, 0) is 59.7 Å². The fourth-order valence-corrected chi connectivity index (χ4v) is 5.72. The number of phenols is 2. The minimum Gasteiger partial charge on any atom is -0.508 e. The number of para-hydroxylation sites is 2. The molecule has 2 aromatic heterocycles. The van der Waals surface area contributed by atoms with E-state index in [4.69, 9.17) is 9.97 Å². The van der Waals surface area contributed by atoms with Crippen molar-refractivity contribution in [1.29, 1.82) is 0 Å². The van der Waals surface area contributed by atoms with Gasteiger partial charge in [0, 0.05) is 0 Å². The minimum atomic E-state index is 0.172. The first kappa shape index (κ1) is 19.0. The normalized spacial score (nSPS) is 11.4. The van der Waals surface area contributed by atoms with Crippen molar-refractivity contribution < 1.29 is 10.2 Å². The molecule has 0 unspecified atom stereocenters. The maximum absolute atomic E-state index is 11.4. The zero-order valence-electron chi connectivity index (χ0n) is 16.7. The van der Waals surface area contributed by atoms with Crippen LogP contribution >= 0.6 is 22.7 Å². The molecule has 0 aliphatic heterocycles. The van der Waals surface area contributed by atoms with Crippen LogP contribution in [0.2, 0.25) is 0 Å². The molecule has 0 fully saturated rings. The fraction of sp³-hybridized carbons (Fsp3) is 0. The first-order valence-electron chi connectivity index (χ1n) is 10.0. The summed E-state index contributed by atoms with van der Waals surface area (Å²) in [6, 6.07) is 26.9. The van der Waals surface area contributed by atoms with Gasteiger partial charge in [0.15, 0.2) is 0 Å². The SMILES string of the molecule is Oc1ccc(-c2cc(-c3nc4ccccc4s3)c(O)c(-c3nc4ccccc4s3)c2)cc1. The second-order valence-electron chi connectivity index (χ2n) is 7.44. The van der Waals surface area contributed by atoms with E-state index in [0.29, 0.717) is 11.1 Å². The van der Waals surface area contributed by atoms with Crippen molar-refractivity contribution in [3.8, 4) is 43.8 Å². The summed E-state index contributed by atoms with van der Waals surface area (Å²) in [5.41, 5.74) is 5.02. The number of fused-ring (bicyclic) bond motifs is 2. The van der Waals surface area contributed by atoms with Crippen molar-refractivity contribution in [3.05, 3.63) is 84.9 Å². The highest BCUT2D eigenvalue weighted by Crippen LogP contribution is 2.45. The second-order valence-corrected chi connectivity index (χ2v) is 9.50. The molecule has 2 N–H and O–H groups in total. The van der Waals surface area contributed by atoms with Gasteiger partial charge in [-0.3, -0.25) is 0 Å². The molecule has 0 aliphatic carbocycles. The van der Waals surface area contributed by atoms with Crippen LogP contribution in [0.3, 0.4) is 0 Å². The van der Waals surface area contributed by atoms with Crippen molar-refractivity contribution in [3.63, 3.8) is 0 Å². The van der Waals surface area contributed by atoms with Crippen LogP contribution in [0.5, 0.6) is 11.5 Å². The van der Waals surface area contributed by atoms with Crippen molar-refractivity contribution in [2.45, 2.75) is 0 Å². The fourth-order valence-electron chi connectivity index (χ4n) is 3.76. The van der Waals surface area contributed by atoms with Gasteiger partial charge >= 0.3 is 0 Å². The second kappa shape index (κ2) is 7.44. The quantitative estimate of drug-likeness (QED) is 0.295. The van der Waals surface area contributed by atoms with E-state index in [9.17, 15) is 10.2 Å². The van der Waals surface area contributed by atoms with Gasteiger partial charge in [0.25, 0.3) is 0 Å². The van der Waals surface area contributed by atoms with Crippen LogP contribution < -0.4 is 0 Å². The monoisotopic (exact) mass is 452 g/mol. The molecule has 0 atom stereocenters. The van der Waals surface area contributed by atoms with Crippen molar-refractivity contribution in [1.82, 2.24) is 9.97 Å². The summed E-state index contributed by atoms with van der Waals surface area (Å²) in [5, 5.41) is 22.6. The zero-order valence-corrected chi connectivity index (χ0v) is 18.3. The van der Waals surface area contributed by atoms with Crippen LogP contribution in [0.25, 0.3) is 52.7 Å². The Hall–Kier alpha value is -3.74. The van der Waals surface area contributed by atoms with Crippen LogP contribution in [0.4, 0.5) is 0 Å². The molecular formula is C26H16N2O2S2. The average molecular weight is 453 g/mol. The summed E-state index contributed by atoms with van der Waals surface area (Å²) in [6.45, 7) is 0. The van der Waals surface area contributed by atoms with E-state index in [1.165, 1.54) is 0 Å². The number of aromatic nitrogens is 2. The molecule has 32 heavy (non-hydrogen) atoms. The Morgan fingerprint density at radius 3 is 1.56 bits per heavy atom. The van der Waals surface area contributed by atoms with Crippen molar-refractivity contribution in [2.24, 2.45) is 0 Å². The summed E-state index contributed by atoms with van der Waals surface area (Å²) >= 11 is 3.10. The molecule has 0 aliphatic rings. The standard InChI is InChI=1S/C26H16N2O2S2/c29-17-11-9-15(10-12-17)16-13-18(25-27-20-5-1-3-7-22(20)31-25)24(30)19(14-16)26-28-21-6-2-4-8-23(21)32-26/h1-14,29-30H. The van der Waals surface area contributed by atoms with E-state index in [2.05, 4.69) is 0 Å². The lowest BCUT2D eigenvalue weighted by Crippen LogP contribution is -1.87. The number of hydrogen-bond donors (Lipinski definition) is 2. The van der Waals surface area contributed by atoms with E-state index in [0.717, 1.165) is 41.6 Å². The Bertz CT molecular complexity index is 1440. The number of phenolic OH excluding ortho intramolecular Hbond substituents is 2. The molecule has 154 valence electrons. The van der Waals surface area contributed by atoms with E-state index in [1.54, 1.807) is 34.8 Å². The van der Waals surface area contributed by atoms with Gasteiger partial charge in [-0.15, -0.1) is 22.7 Å². The summed E-state index contributed by atoms with van der Waals surface area (Å²) in [5.74, 6) is 0.385. The van der Waals surface area contributed by atoms with Crippen LogP contribution in [-0.4, -0.2) is 20.2 Å². The molecule has 6 rings (SSSR count). The molecule has 4 aromatic carbocycles. The first-order chi connectivity index (χ1) is 15.7. The molecule has 6 aromatic rings. The Labute approximate surface area is 191 Å². The average Bonchev–Trinajstić information content (AvgIpc) is 3.44. The number of aromatic hydroxyl groups is 2. The summed E-state index contributed by atoms with van der Waals surface area (Å²) in [7, 11) is 0. The van der Waals surface area contributed by atoms with E-state index in [-0.39, 0.29) is 11.5 Å². The van der Waals surface area contributed by atoms with E-state index >= 15 is 0 Å². The number of nitrogens with zero attached hydrogens (tertiary/aromatic N) is 2. The van der Waals surface area contributed by atoms with E-state index in [1.807, 2.05) is 72.8 Å². The summed E-state index contributed by atoms with van der Waals surface area (Å²) in [4.78, 5) is 9.54. The highest BCUT2D eigenvalue weighted by Gasteiger charge is 2.19. The largest absolute Gasteiger partial charge is 0.508 e. The molecule has 4 nitrogen and oxygen atoms in total. The molecule has 0 saturated carbocycles. The first-order valence-corrected chi connectivity index (χ1v) is 11.7. The molecule has 6 heteroatoms. The van der Waals surface area contributed by atoms with Gasteiger partial charge in [0.1, 0.15) is 21.5 Å². The molecule has 0 spiro atoms. The zero-order chi connectivity index (χ0) is 21.7. The Kier molecular flexibility index (Phi) is 4.41. The minimum absolute atomic E-state index is 0.172. The third-order valence-electron chi connectivity index (χ3n) is 5.36. The van der Waals surface area contributed by atoms with Gasteiger partial charge in [0.05, 0.1) is 31.6 Å². The third-order valence-corrected chi connectivity index (χ3v) is 7.50. The van der Waals surface area contributed by atoms with Crippen LogP contribution in [0.15, 0.2) is 84.9 Å². The number of thiazole rings is 2. The van der Waals surface area contributed by atoms with Gasteiger partial charge in [0.2, 0.25) is 0 Å². The smallest absolute Gasteiger partial charge is 0.136 e. The Balaban J connectivity index is 1.61. The number of benzene rings is 4. The number of rotatable bonds is 3. The highest BCUT2D eigenvalue weighted by molar-refractivity contribution is 7.22. The Morgan fingerprint density at radius 1 is 0.562 bits per heavy atom. The molecule has 0 amide bonds. The van der Waals surface area contributed by atoms with Gasteiger partial charge in [-0.25, -0.2) is 9.97 Å². The van der Waals surface area contributed by atoms with Crippen LogP contribution in [-0.2, 0) is 0 Å². The van der Waals surface area contributed by atoms with Gasteiger partial charge in [-0.1, -0.05) is 36.4 Å². The maximum atomic E-state index is 11.4. The lowest BCUT2D eigenvalue weighted by Gasteiger charge is -2.11. The van der Waals surface area contributed by atoms with E-state index < -0.39 is 0 Å². The molecule has 0 radical (unpaired) electrons. The van der Waals surface area contributed by atoms with Crippen molar-refractivity contribution >= 4 is 43.1 Å². The topological polar surface area (TPSA) is 66.2 Å². The van der Waals surface area contributed by atoms with Gasteiger partial charge < -0.3 is 10.2 Å². The summed E-state index contributed by atoms with van der Waals surface area (Å²) < 4.78 is 2.14. The molecule has 0 saturated heterocycles. The predicted molar refractivity (Wildman–Crippen MR) is 132 cm³/mol. The van der Waals surface area contributed by atoms with Gasteiger partial charge in [-0.2, -0.15) is 0 Å². The maximum Gasteiger partial charge on any atom is 0.136 e. The van der Waals surface area contributed by atoms with Crippen LogP contribution in [0.1, 0.15) is 0 Å². The third kappa shape index (κ3) is 3.21. The summed E-state index contributed by atoms with van der Waals surface area (Å²) in [6.07, 6.45) is 0. The molecular weight excluding hydrogens is 436 g/mol. The van der Waals surface area contributed by atoms with Crippen molar-refractivity contribution in [2.75, 3.05) is 0 Å².